The Labute approximate surface area is 145 Å². The van der Waals surface area contributed by atoms with Crippen molar-refractivity contribution in [2.45, 2.75) is 71.9 Å². The molecular formula is C21H31NO2. The number of aliphatic imine (C=N–C) groups is 1. The second-order valence-electron chi connectivity index (χ2n) is 9.49. The predicted molar refractivity (Wildman–Crippen MR) is 98.8 cm³/mol. The Morgan fingerprint density at radius 3 is 2.42 bits per heavy atom. The van der Waals surface area contributed by atoms with Crippen LogP contribution in [0.15, 0.2) is 23.2 Å². The number of aliphatic hydroxyl groups excluding tert-OH is 1. The fourth-order valence-electron chi connectivity index (χ4n) is 4.91. The van der Waals surface area contributed by atoms with Crippen molar-refractivity contribution in [3.05, 3.63) is 29.3 Å². The zero-order chi connectivity index (χ0) is 17.9. The van der Waals surface area contributed by atoms with E-state index in [0.717, 1.165) is 24.0 Å². The molecule has 0 aliphatic heterocycles. The lowest BCUT2D eigenvalue weighted by Crippen LogP contribution is -2.39. The average Bonchev–Trinajstić information content (AvgIpc) is 2.78. The molecule has 0 radical (unpaired) electrons. The van der Waals surface area contributed by atoms with Crippen molar-refractivity contribution in [2.75, 3.05) is 0 Å². The summed E-state index contributed by atoms with van der Waals surface area (Å²) in [6.07, 6.45) is 3.55. The third-order valence-electron chi connectivity index (χ3n) is 7.02. The van der Waals surface area contributed by atoms with Crippen molar-refractivity contribution in [3.8, 4) is 5.75 Å². The van der Waals surface area contributed by atoms with E-state index in [2.05, 4.69) is 41.5 Å². The zero-order valence-electron chi connectivity index (χ0n) is 15.8. The molecule has 132 valence electrons. The smallest absolute Gasteiger partial charge is 0.128 e. The third kappa shape index (κ3) is 2.32. The van der Waals surface area contributed by atoms with Crippen molar-refractivity contribution in [1.82, 2.24) is 0 Å². The van der Waals surface area contributed by atoms with Crippen LogP contribution in [0.5, 0.6) is 5.75 Å². The Bertz CT molecular complexity index is 671. The molecule has 4 unspecified atom stereocenters. The lowest BCUT2D eigenvalue weighted by molar-refractivity contribution is 0.00624. The predicted octanol–water partition coefficient (Wildman–Crippen LogP) is 4.29. The largest absolute Gasteiger partial charge is 0.507 e. The van der Waals surface area contributed by atoms with E-state index in [4.69, 9.17) is 4.99 Å². The summed E-state index contributed by atoms with van der Waals surface area (Å²) in [6, 6.07) is 5.74. The van der Waals surface area contributed by atoms with Gasteiger partial charge in [0.25, 0.3) is 0 Å². The van der Waals surface area contributed by atoms with Crippen LogP contribution in [0.25, 0.3) is 0 Å². The molecule has 3 nitrogen and oxygen atoms in total. The van der Waals surface area contributed by atoms with Gasteiger partial charge in [-0.05, 0) is 41.2 Å². The fourth-order valence-corrected chi connectivity index (χ4v) is 4.91. The lowest BCUT2D eigenvalue weighted by Gasteiger charge is -2.36. The van der Waals surface area contributed by atoms with Crippen LogP contribution in [0.2, 0.25) is 0 Å². The normalized spacial score (nSPS) is 35.0. The first-order valence-corrected chi connectivity index (χ1v) is 9.04. The molecule has 0 aromatic heterocycles. The van der Waals surface area contributed by atoms with Crippen molar-refractivity contribution in [2.24, 2.45) is 21.7 Å². The number of fused-ring (bicyclic) bond motifs is 2. The number of aliphatic hydroxyl groups is 1. The molecule has 2 bridgehead atoms. The van der Waals surface area contributed by atoms with Gasteiger partial charge in [0.2, 0.25) is 0 Å². The van der Waals surface area contributed by atoms with Gasteiger partial charge >= 0.3 is 0 Å². The summed E-state index contributed by atoms with van der Waals surface area (Å²) in [5.74, 6) is 0.707. The minimum absolute atomic E-state index is 0.0605. The van der Waals surface area contributed by atoms with Crippen molar-refractivity contribution in [3.63, 3.8) is 0 Å². The molecule has 0 amide bonds. The van der Waals surface area contributed by atoms with E-state index in [1.165, 1.54) is 0 Å². The number of phenols is 1. The van der Waals surface area contributed by atoms with Gasteiger partial charge in [0, 0.05) is 17.2 Å². The average molecular weight is 329 g/mol. The maximum atomic E-state index is 10.8. The van der Waals surface area contributed by atoms with Gasteiger partial charge in [-0.1, -0.05) is 53.7 Å². The molecule has 2 fully saturated rings. The number of hydrogen-bond acceptors (Lipinski definition) is 3. The summed E-state index contributed by atoms with van der Waals surface area (Å²) in [6.45, 7) is 13.0. The highest BCUT2D eigenvalue weighted by molar-refractivity contribution is 5.84. The molecule has 2 aliphatic rings. The minimum Gasteiger partial charge on any atom is -0.507 e. The monoisotopic (exact) mass is 329 g/mol. The van der Waals surface area contributed by atoms with Crippen LogP contribution in [0.4, 0.5) is 0 Å². The highest BCUT2D eigenvalue weighted by Crippen LogP contribution is 2.66. The van der Waals surface area contributed by atoms with E-state index in [9.17, 15) is 10.2 Å². The van der Waals surface area contributed by atoms with Gasteiger partial charge in [0.1, 0.15) is 5.75 Å². The Balaban J connectivity index is 1.91. The molecule has 0 saturated heterocycles. The Hall–Kier alpha value is -1.35. The third-order valence-corrected chi connectivity index (χ3v) is 7.02. The maximum absolute atomic E-state index is 10.8. The highest BCUT2D eigenvalue weighted by atomic mass is 16.3. The second-order valence-corrected chi connectivity index (χ2v) is 9.49. The fraction of sp³-hybridized carbons (Fsp3) is 0.667. The van der Waals surface area contributed by atoms with E-state index < -0.39 is 6.10 Å². The van der Waals surface area contributed by atoms with Crippen LogP contribution in [0.1, 0.15) is 65.5 Å². The van der Waals surface area contributed by atoms with Gasteiger partial charge < -0.3 is 10.2 Å². The number of phenolic OH excluding ortho intramolecular Hbond substituents is 1. The summed E-state index contributed by atoms with van der Waals surface area (Å²) >= 11 is 0. The summed E-state index contributed by atoms with van der Waals surface area (Å²) in [7, 11) is 0. The standard InChI is InChI=1S/C21H31NO2/c1-19(2,3)15-9-7-8-13(17(15)23)12-22-16-14-10-11-21(6,18(16)24)20(14,4)5/h7-9,12,14,16,18,23-24H,10-11H2,1-6H3. The maximum Gasteiger partial charge on any atom is 0.128 e. The van der Waals surface area contributed by atoms with Crippen LogP contribution in [0, 0.1) is 16.7 Å². The summed E-state index contributed by atoms with van der Waals surface area (Å²) in [4.78, 5) is 4.75. The molecule has 3 heteroatoms. The quantitative estimate of drug-likeness (QED) is 0.795. The molecule has 2 aliphatic carbocycles. The number of benzene rings is 1. The molecule has 2 N–H and O–H groups in total. The SMILES string of the molecule is CC(C)(C)c1cccc(C=NC2C3CCC(C)(C2O)C3(C)C)c1O. The number of rotatable bonds is 2. The van der Waals surface area contributed by atoms with E-state index in [1.54, 1.807) is 6.21 Å². The van der Waals surface area contributed by atoms with E-state index >= 15 is 0 Å². The zero-order valence-corrected chi connectivity index (χ0v) is 15.8. The lowest BCUT2D eigenvalue weighted by atomic mass is 9.70. The summed E-state index contributed by atoms with van der Waals surface area (Å²) in [5.41, 5.74) is 1.58. The van der Waals surface area contributed by atoms with Crippen molar-refractivity contribution < 1.29 is 10.2 Å². The van der Waals surface area contributed by atoms with Gasteiger partial charge in [0.05, 0.1) is 12.1 Å². The number of nitrogens with zero attached hydrogens (tertiary/aromatic N) is 1. The molecule has 2 saturated carbocycles. The molecule has 1 aromatic rings. The molecule has 4 atom stereocenters. The summed E-state index contributed by atoms with van der Waals surface area (Å²) in [5, 5.41) is 21.4. The Morgan fingerprint density at radius 1 is 1.21 bits per heavy atom. The number of hydrogen-bond donors (Lipinski definition) is 2. The number of aromatic hydroxyl groups is 1. The van der Waals surface area contributed by atoms with Gasteiger partial charge in [0.15, 0.2) is 0 Å². The van der Waals surface area contributed by atoms with Gasteiger partial charge in [-0.25, -0.2) is 0 Å². The van der Waals surface area contributed by atoms with Crippen LogP contribution in [0.3, 0.4) is 0 Å². The van der Waals surface area contributed by atoms with Gasteiger partial charge in [-0.3, -0.25) is 4.99 Å². The highest BCUT2D eigenvalue weighted by Gasteiger charge is 2.65. The molecule has 0 spiro atoms. The van der Waals surface area contributed by atoms with Crippen LogP contribution in [-0.4, -0.2) is 28.6 Å². The minimum atomic E-state index is -0.407. The summed E-state index contributed by atoms with van der Waals surface area (Å²) < 4.78 is 0. The molecule has 3 rings (SSSR count). The van der Waals surface area contributed by atoms with Gasteiger partial charge in [-0.2, -0.15) is 0 Å². The van der Waals surface area contributed by atoms with E-state index in [0.29, 0.717) is 11.7 Å². The Morgan fingerprint density at radius 2 is 1.88 bits per heavy atom. The van der Waals surface area contributed by atoms with Gasteiger partial charge in [-0.15, -0.1) is 0 Å². The van der Waals surface area contributed by atoms with Crippen molar-refractivity contribution >= 4 is 6.21 Å². The van der Waals surface area contributed by atoms with Crippen LogP contribution in [-0.2, 0) is 5.41 Å². The second kappa shape index (κ2) is 5.32. The van der Waals surface area contributed by atoms with Crippen molar-refractivity contribution in [1.29, 1.82) is 0 Å². The van der Waals surface area contributed by atoms with Crippen LogP contribution < -0.4 is 0 Å². The number of para-hydroxylation sites is 1. The van der Waals surface area contributed by atoms with Crippen LogP contribution >= 0.6 is 0 Å². The molecule has 24 heavy (non-hydrogen) atoms. The molecular weight excluding hydrogens is 298 g/mol. The van der Waals surface area contributed by atoms with E-state index in [-0.39, 0.29) is 22.3 Å². The first-order chi connectivity index (χ1) is 11.0. The topological polar surface area (TPSA) is 52.8 Å². The first kappa shape index (κ1) is 17.5. The first-order valence-electron chi connectivity index (χ1n) is 9.04. The Kier molecular flexibility index (Phi) is 3.87. The molecule has 1 aromatic carbocycles. The van der Waals surface area contributed by atoms with E-state index in [1.807, 2.05) is 18.2 Å². The molecule has 0 heterocycles.